The summed E-state index contributed by atoms with van der Waals surface area (Å²) in [6.07, 6.45) is 3.22. The summed E-state index contributed by atoms with van der Waals surface area (Å²) in [5.41, 5.74) is 3.87. The Morgan fingerprint density at radius 1 is 1.14 bits per heavy atom. The first-order chi connectivity index (χ1) is 17.4. The highest BCUT2D eigenvalue weighted by molar-refractivity contribution is 6.32. The van der Waals surface area contributed by atoms with Crippen LogP contribution in [0.4, 0.5) is 0 Å². The van der Waals surface area contributed by atoms with Crippen molar-refractivity contribution in [2.24, 2.45) is 29.4 Å². The first-order valence-electron chi connectivity index (χ1n) is 11.9. The fraction of sp³-hybridized carbons (Fsp3) is 0.423. The van der Waals surface area contributed by atoms with E-state index in [0.29, 0.717) is 22.5 Å². The molecule has 2 saturated carbocycles. The number of amides is 1. The molecule has 5 rings (SSSR count). The molecule has 6 atom stereocenters. The molecular weight excluding hydrogens is 480 g/mol. The van der Waals surface area contributed by atoms with Gasteiger partial charge in [0.05, 0.1) is 17.5 Å². The van der Waals surface area contributed by atoms with Gasteiger partial charge in [-0.1, -0.05) is 0 Å². The molecule has 37 heavy (non-hydrogen) atoms. The van der Waals surface area contributed by atoms with Crippen LogP contribution < -0.4 is 5.73 Å². The summed E-state index contributed by atoms with van der Waals surface area (Å²) < 4.78 is 0. The Morgan fingerprint density at radius 3 is 2.38 bits per heavy atom. The first kappa shape index (κ1) is 24.8. The Balaban J connectivity index is 1.69. The molecule has 1 aromatic heterocycles. The number of fused-ring (bicyclic) bond motifs is 3. The molecule has 11 nitrogen and oxygen atoms in total. The molecule has 0 aliphatic heterocycles. The standard InChI is InChI=1S/C26H26N4O7/c1-10-7-13(25-28-5-4-6-29-25)12-8-11-9-14-18(30(2)3)21(33)17(24(27)36)23(35)26(14,37)22(34)15(11)20(32)16(12)19(10)31/h4-7,11,14-15,17-18,31,37H,8-9H2,1-3H3,(H2,27,36)/t11-,14-,15?,17?,18-,26-/m0/s1. The Morgan fingerprint density at radius 2 is 1.78 bits per heavy atom. The lowest BCUT2D eigenvalue weighted by Gasteiger charge is -2.52. The maximum atomic E-state index is 13.9. The van der Waals surface area contributed by atoms with E-state index in [9.17, 15) is 34.2 Å². The monoisotopic (exact) mass is 506 g/mol. The van der Waals surface area contributed by atoms with E-state index in [2.05, 4.69) is 9.97 Å². The molecule has 1 amide bonds. The molecule has 1 heterocycles. The number of nitrogens with zero attached hydrogens (tertiary/aromatic N) is 3. The van der Waals surface area contributed by atoms with Crippen LogP contribution in [-0.2, 0) is 25.6 Å². The zero-order chi connectivity index (χ0) is 27.0. The second-order valence-electron chi connectivity index (χ2n) is 10.3. The molecule has 0 radical (unpaired) electrons. The van der Waals surface area contributed by atoms with Crippen molar-refractivity contribution in [1.82, 2.24) is 14.9 Å². The van der Waals surface area contributed by atoms with Crippen molar-refractivity contribution in [2.75, 3.05) is 14.1 Å². The number of hydrogen-bond acceptors (Lipinski definition) is 10. The molecule has 4 N–H and O–H groups in total. The van der Waals surface area contributed by atoms with Gasteiger partial charge in [-0.3, -0.25) is 28.9 Å². The fourth-order valence-electron chi connectivity index (χ4n) is 6.44. The van der Waals surface area contributed by atoms with Gasteiger partial charge in [0.1, 0.15) is 5.75 Å². The topological polar surface area (TPSA) is 181 Å². The molecule has 3 aliphatic carbocycles. The van der Waals surface area contributed by atoms with Crippen LogP contribution in [0.15, 0.2) is 24.5 Å². The summed E-state index contributed by atoms with van der Waals surface area (Å²) >= 11 is 0. The Bertz CT molecular complexity index is 1390. The number of primary amides is 1. The average molecular weight is 507 g/mol. The fourth-order valence-corrected chi connectivity index (χ4v) is 6.44. The quantitative estimate of drug-likeness (QED) is 0.465. The van der Waals surface area contributed by atoms with E-state index in [4.69, 9.17) is 5.73 Å². The minimum absolute atomic E-state index is 0.0202. The zero-order valence-corrected chi connectivity index (χ0v) is 20.5. The van der Waals surface area contributed by atoms with E-state index in [1.165, 1.54) is 4.90 Å². The van der Waals surface area contributed by atoms with Crippen LogP contribution in [-0.4, -0.2) is 79.9 Å². The number of aliphatic hydroxyl groups is 1. The van der Waals surface area contributed by atoms with E-state index in [1.807, 2.05) is 0 Å². The van der Waals surface area contributed by atoms with Gasteiger partial charge in [0.25, 0.3) is 0 Å². The van der Waals surface area contributed by atoms with Crippen molar-refractivity contribution in [1.29, 1.82) is 0 Å². The number of rotatable bonds is 3. The number of likely N-dealkylation sites (N-methyl/N-ethyl adjacent to an activating group) is 1. The van der Waals surface area contributed by atoms with Gasteiger partial charge in [-0.05, 0) is 63.0 Å². The summed E-state index contributed by atoms with van der Waals surface area (Å²) in [7, 11) is 3.08. The number of Topliss-reactive ketones (excluding diaryl/α,β-unsaturated/α-hetero) is 4. The SMILES string of the molecule is Cc1cc(-c2ncccn2)c2c(c1O)C(=O)C1C(=O)[C@]3(O)C(=O)C(C(N)=O)C(=O)[C@@H](N(C)C)[C@@H]3C[C@@H]1C2. The molecule has 3 aliphatic rings. The van der Waals surface area contributed by atoms with Gasteiger partial charge in [0.15, 0.2) is 40.5 Å². The number of aryl methyl sites for hydroxylation is 1. The van der Waals surface area contributed by atoms with Crippen LogP contribution in [0, 0.1) is 30.6 Å². The Hall–Kier alpha value is -3.83. The van der Waals surface area contributed by atoms with Crippen LogP contribution >= 0.6 is 0 Å². The van der Waals surface area contributed by atoms with Gasteiger partial charge < -0.3 is 15.9 Å². The van der Waals surface area contributed by atoms with E-state index in [1.54, 1.807) is 45.5 Å². The Kier molecular flexibility index (Phi) is 5.61. The molecular formula is C26H26N4O7. The highest BCUT2D eigenvalue weighted by atomic mass is 16.3. The lowest BCUT2D eigenvalue weighted by Crippen LogP contribution is -2.74. The number of carbonyl (C=O) groups is 5. The molecule has 2 unspecified atom stereocenters. The summed E-state index contributed by atoms with van der Waals surface area (Å²) in [5, 5.41) is 22.5. The van der Waals surface area contributed by atoms with Crippen LogP contribution in [0.1, 0.15) is 27.9 Å². The number of aromatic hydroxyl groups is 1. The maximum absolute atomic E-state index is 13.9. The van der Waals surface area contributed by atoms with E-state index >= 15 is 0 Å². The van der Waals surface area contributed by atoms with Crippen molar-refractivity contribution in [3.8, 4) is 17.1 Å². The van der Waals surface area contributed by atoms with E-state index in [-0.39, 0.29) is 24.2 Å². The number of nitrogens with two attached hydrogens (primary N) is 1. The second-order valence-corrected chi connectivity index (χ2v) is 10.3. The van der Waals surface area contributed by atoms with Gasteiger partial charge in [-0.2, -0.15) is 0 Å². The number of ketones is 4. The van der Waals surface area contributed by atoms with E-state index < -0.39 is 64.4 Å². The Labute approximate surface area is 211 Å². The largest absolute Gasteiger partial charge is 0.507 e. The molecule has 11 heteroatoms. The summed E-state index contributed by atoms with van der Waals surface area (Å²) in [5.74, 6) is -10.4. The van der Waals surface area contributed by atoms with Crippen LogP contribution in [0.25, 0.3) is 11.4 Å². The van der Waals surface area contributed by atoms with Crippen molar-refractivity contribution in [2.45, 2.75) is 31.4 Å². The number of carbonyl (C=O) groups excluding carboxylic acids is 5. The average Bonchev–Trinajstić information content (AvgIpc) is 2.83. The third-order valence-electron chi connectivity index (χ3n) is 8.06. The van der Waals surface area contributed by atoms with Crippen molar-refractivity contribution in [3.05, 3.63) is 41.2 Å². The van der Waals surface area contributed by atoms with E-state index in [0.717, 1.165) is 0 Å². The normalized spacial score (nSPS) is 31.1. The summed E-state index contributed by atoms with van der Waals surface area (Å²) in [6, 6.07) is 2.17. The molecule has 0 spiro atoms. The van der Waals surface area contributed by atoms with Crippen molar-refractivity contribution >= 4 is 29.0 Å². The minimum atomic E-state index is -2.75. The lowest BCUT2D eigenvalue weighted by molar-refractivity contribution is -0.181. The van der Waals surface area contributed by atoms with Gasteiger partial charge >= 0.3 is 0 Å². The second kappa shape index (κ2) is 8.35. The zero-order valence-electron chi connectivity index (χ0n) is 20.5. The van der Waals surface area contributed by atoms with Crippen LogP contribution in [0.2, 0.25) is 0 Å². The summed E-state index contributed by atoms with van der Waals surface area (Å²) in [6.45, 7) is 1.60. The highest BCUT2D eigenvalue weighted by Gasteiger charge is 2.69. The molecule has 0 saturated heterocycles. The van der Waals surface area contributed by atoms with Crippen LogP contribution in [0.5, 0.6) is 5.75 Å². The van der Waals surface area contributed by atoms with Gasteiger partial charge in [0, 0.05) is 23.9 Å². The smallest absolute Gasteiger partial charge is 0.235 e. The van der Waals surface area contributed by atoms with Gasteiger partial charge in [0.2, 0.25) is 5.91 Å². The first-order valence-corrected chi connectivity index (χ1v) is 11.9. The molecule has 0 bridgehead atoms. The van der Waals surface area contributed by atoms with Gasteiger partial charge in [-0.15, -0.1) is 0 Å². The number of benzene rings is 1. The van der Waals surface area contributed by atoms with Crippen LogP contribution in [0.3, 0.4) is 0 Å². The predicted molar refractivity (Wildman–Crippen MR) is 127 cm³/mol. The molecule has 192 valence electrons. The van der Waals surface area contributed by atoms with Gasteiger partial charge in [-0.25, -0.2) is 9.97 Å². The minimum Gasteiger partial charge on any atom is -0.507 e. The maximum Gasteiger partial charge on any atom is 0.235 e. The lowest BCUT2D eigenvalue weighted by atomic mass is 9.52. The molecule has 1 aromatic carbocycles. The highest BCUT2D eigenvalue weighted by Crippen LogP contribution is 2.52. The third-order valence-corrected chi connectivity index (χ3v) is 8.06. The predicted octanol–water partition coefficient (Wildman–Crippen LogP) is -0.368. The number of hydrogen-bond donors (Lipinski definition) is 3. The van der Waals surface area contributed by atoms with Crippen molar-refractivity contribution in [3.63, 3.8) is 0 Å². The number of aromatic nitrogens is 2. The number of phenols is 1. The summed E-state index contributed by atoms with van der Waals surface area (Å²) in [4.78, 5) is 76.2. The molecule has 2 aromatic rings. The number of phenolic OH excluding ortho intramolecular Hbond substituents is 1. The van der Waals surface area contributed by atoms with Crippen molar-refractivity contribution < 1.29 is 34.2 Å². The molecule has 2 fully saturated rings. The third kappa shape index (κ3) is 3.30.